The van der Waals surface area contributed by atoms with E-state index in [9.17, 15) is 17.6 Å². The summed E-state index contributed by atoms with van der Waals surface area (Å²) in [6.07, 6.45) is 0.316. The van der Waals surface area contributed by atoms with Crippen LogP contribution in [0.1, 0.15) is 30.6 Å². The monoisotopic (exact) mass is 338 g/mol. The molecule has 0 aliphatic heterocycles. The highest BCUT2D eigenvalue weighted by Gasteiger charge is 2.28. The summed E-state index contributed by atoms with van der Waals surface area (Å²) in [6, 6.07) is 2.12. The van der Waals surface area contributed by atoms with Crippen molar-refractivity contribution in [1.29, 1.82) is 0 Å². The number of sulfone groups is 1. The number of carboxylic acids is 1. The number of rotatable bonds is 4. The van der Waals surface area contributed by atoms with Crippen molar-refractivity contribution in [1.82, 2.24) is 0 Å². The first-order valence-electron chi connectivity index (χ1n) is 5.18. The van der Waals surface area contributed by atoms with Crippen molar-refractivity contribution >= 4 is 31.7 Å². The lowest BCUT2D eigenvalue weighted by molar-refractivity contribution is 0.0691. The number of benzene rings is 1. The highest BCUT2D eigenvalue weighted by Crippen LogP contribution is 2.27. The number of aromatic carboxylic acids is 1. The molecule has 0 radical (unpaired) electrons. The molecule has 1 atom stereocenters. The summed E-state index contributed by atoms with van der Waals surface area (Å²) >= 11 is 2.98. The Kier molecular flexibility index (Phi) is 4.50. The third-order valence-electron chi connectivity index (χ3n) is 2.65. The molecule has 18 heavy (non-hydrogen) atoms. The Bertz CT molecular complexity index is 583. The van der Waals surface area contributed by atoms with E-state index in [0.29, 0.717) is 6.42 Å². The molecule has 1 rings (SSSR count). The van der Waals surface area contributed by atoms with E-state index in [1.807, 2.05) is 0 Å². The number of carboxylic acid groups (broad SMARTS) is 1. The molecule has 0 fully saturated rings. The van der Waals surface area contributed by atoms with Crippen LogP contribution in [-0.4, -0.2) is 24.7 Å². The van der Waals surface area contributed by atoms with Gasteiger partial charge in [0.1, 0.15) is 4.90 Å². The summed E-state index contributed by atoms with van der Waals surface area (Å²) in [5.74, 6) is -2.72. The SMILES string of the molecule is CCC(C)S(=O)(=O)c1cc(Br)cc(C(=O)O)c1F. The lowest BCUT2D eigenvalue weighted by atomic mass is 10.2. The fourth-order valence-electron chi connectivity index (χ4n) is 1.36. The largest absolute Gasteiger partial charge is 0.478 e. The maximum Gasteiger partial charge on any atom is 0.338 e. The Hall–Kier alpha value is -0.950. The Labute approximate surface area is 113 Å². The van der Waals surface area contributed by atoms with Crippen molar-refractivity contribution in [2.45, 2.75) is 30.4 Å². The van der Waals surface area contributed by atoms with Crippen LogP contribution in [0.25, 0.3) is 0 Å². The van der Waals surface area contributed by atoms with Crippen molar-refractivity contribution in [3.63, 3.8) is 0 Å². The van der Waals surface area contributed by atoms with Crippen molar-refractivity contribution in [3.05, 3.63) is 28.0 Å². The summed E-state index contributed by atoms with van der Waals surface area (Å²) in [5.41, 5.74) is -0.661. The Balaban J connectivity index is 3.57. The van der Waals surface area contributed by atoms with Gasteiger partial charge in [-0.1, -0.05) is 22.9 Å². The van der Waals surface area contributed by atoms with Gasteiger partial charge in [0.15, 0.2) is 15.7 Å². The third-order valence-corrected chi connectivity index (χ3v) is 5.41. The van der Waals surface area contributed by atoms with Crippen LogP contribution >= 0.6 is 15.9 Å². The zero-order chi connectivity index (χ0) is 14.1. The first-order valence-corrected chi connectivity index (χ1v) is 7.52. The summed E-state index contributed by atoms with van der Waals surface area (Å²) in [5, 5.41) is 8.05. The van der Waals surface area contributed by atoms with E-state index in [0.717, 1.165) is 12.1 Å². The number of hydrogen-bond acceptors (Lipinski definition) is 3. The standard InChI is InChI=1S/C11H12BrFO4S/c1-3-6(2)18(16,17)9-5-7(12)4-8(10(9)13)11(14)15/h4-6H,3H2,1-2H3,(H,14,15). The molecule has 0 aliphatic carbocycles. The lowest BCUT2D eigenvalue weighted by Crippen LogP contribution is -2.19. The van der Waals surface area contributed by atoms with Gasteiger partial charge in [-0.3, -0.25) is 0 Å². The molecule has 0 heterocycles. The molecule has 0 spiro atoms. The molecule has 0 saturated carbocycles. The smallest absolute Gasteiger partial charge is 0.338 e. The maximum atomic E-state index is 13.9. The summed E-state index contributed by atoms with van der Waals surface area (Å²) in [4.78, 5) is 10.3. The average molecular weight is 339 g/mol. The topological polar surface area (TPSA) is 71.4 Å². The maximum absolute atomic E-state index is 13.9. The van der Waals surface area contributed by atoms with Crippen LogP contribution in [0.2, 0.25) is 0 Å². The molecule has 100 valence electrons. The third kappa shape index (κ3) is 2.72. The molecule has 1 unspecified atom stereocenters. The molecular weight excluding hydrogens is 327 g/mol. The molecule has 0 aliphatic rings. The Morgan fingerprint density at radius 3 is 2.50 bits per heavy atom. The van der Waals surface area contributed by atoms with Gasteiger partial charge in [-0.25, -0.2) is 17.6 Å². The van der Waals surface area contributed by atoms with Gasteiger partial charge in [0, 0.05) is 4.47 Å². The molecule has 0 aromatic heterocycles. The number of carbonyl (C=O) groups is 1. The summed E-state index contributed by atoms with van der Waals surface area (Å²) < 4.78 is 38.2. The van der Waals surface area contributed by atoms with E-state index in [1.165, 1.54) is 6.92 Å². The van der Waals surface area contributed by atoms with Gasteiger partial charge in [0.05, 0.1) is 10.8 Å². The molecule has 4 nitrogen and oxygen atoms in total. The van der Waals surface area contributed by atoms with Crippen molar-refractivity contribution in [2.75, 3.05) is 0 Å². The van der Waals surface area contributed by atoms with E-state index in [4.69, 9.17) is 5.11 Å². The summed E-state index contributed by atoms with van der Waals surface area (Å²) in [7, 11) is -3.87. The normalized spacial score (nSPS) is 13.3. The fraction of sp³-hybridized carbons (Fsp3) is 0.364. The second kappa shape index (κ2) is 5.36. The van der Waals surface area contributed by atoms with E-state index >= 15 is 0 Å². The second-order valence-corrected chi connectivity index (χ2v) is 7.08. The molecule has 1 aromatic rings. The minimum Gasteiger partial charge on any atom is -0.478 e. The molecule has 7 heteroatoms. The van der Waals surface area contributed by atoms with Gasteiger partial charge < -0.3 is 5.11 Å². The van der Waals surface area contributed by atoms with Crippen molar-refractivity contribution in [3.8, 4) is 0 Å². The van der Waals surface area contributed by atoms with Crippen LogP contribution in [0.4, 0.5) is 4.39 Å². The Morgan fingerprint density at radius 1 is 1.50 bits per heavy atom. The van der Waals surface area contributed by atoms with Crippen LogP contribution in [0, 0.1) is 5.82 Å². The van der Waals surface area contributed by atoms with E-state index < -0.39 is 37.3 Å². The molecule has 0 bridgehead atoms. The van der Waals surface area contributed by atoms with E-state index in [-0.39, 0.29) is 4.47 Å². The number of halogens is 2. The molecule has 1 N–H and O–H groups in total. The van der Waals surface area contributed by atoms with Crippen LogP contribution in [-0.2, 0) is 9.84 Å². The van der Waals surface area contributed by atoms with E-state index in [1.54, 1.807) is 6.92 Å². The molecule has 1 aromatic carbocycles. The zero-order valence-corrected chi connectivity index (χ0v) is 12.2. The predicted octanol–water partition coefficient (Wildman–Crippen LogP) is 2.86. The van der Waals surface area contributed by atoms with E-state index in [2.05, 4.69) is 15.9 Å². The minimum atomic E-state index is -3.87. The molecule has 0 amide bonds. The first-order chi connectivity index (χ1) is 8.21. The van der Waals surface area contributed by atoms with Gasteiger partial charge in [-0.2, -0.15) is 0 Å². The van der Waals surface area contributed by atoms with Gasteiger partial charge in [0.25, 0.3) is 0 Å². The highest BCUT2D eigenvalue weighted by molar-refractivity contribution is 9.10. The fourth-order valence-corrected chi connectivity index (χ4v) is 3.50. The lowest BCUT2D eigenvalue weighted by Gasteiger charge is -2.13. The predicted molar refractivity (Wildman–Crippen MR) is 68.0 cm³/mol. The van der Waals surface area contributed by atoms with Crippen LogP contribution < -0.4 is 0 Å². The Morgan fingerprint density at radius 2 is 2.06 bits per heavy atom. The van der Waals surface area contributed by atoms with Gasteiger partial charge in [0.2, 0.25) is 0 Å². The summed E-state index contributed by atoms with van der Waals surface area (Å²) in [6.45, 7) is 3.12. The van der Waals surface area contributed by atoms with Crippen LogP contribution in [0.15, 0.2) is 21.5 Å². The minimum absolute atomic E-state index is 0.211. The number of hydrogen-bond donors (Lipinski definition) is 1. The average Bonchev–Trinajstić information content (AvgIpc) is 2.29. The first kappa shape index (κ1) is 15.1. The van der Waals surface area contributed by atoms with Crippen molar-refractivity contribution < 1.29 is 22.7 Å². The molecular formula is C11H12BrFO4S. The van der Waals surface area contributed by atoms with Gasteiger partial charge in [-0.05, 0) is 25.5 Å². The van der Waals surface area contributed by atoms with Crippen molar-refractivity contribution in [2.24, 2.45) is 0 Å². The highest BCUT2D eigenvalue weighted by atomic mass is 79.9. The van der Waals surface area contributed by atoms with Crippen LogP contribution in [0.3, 0.4) is 0 Å². The van der Waals surface area contributed by atoms with Gasteiger partial charge >= 0.3 is 5.97 Å². The van der Waals surface area contributed by atoms with Gasteiger partial charge in [-0.15, -0.1) is 0 Å². The quantitative estimate of drug-likeness (QED) is 0.916. The zero-order valence-electron chi connectivity index (χ0n) is 9.78. The molecule has 0 saturated heterocycles. The van der Waals surface area contributed by atoms with Crippen LogP contribution in [0.5, 0.6) is 0 Å². The second-order valence-electron chi connectivity index (χ2n) is 3.83.